The predicted octanol–water partition coefficient (Wildman–Crippen LogP) is 2.82. The molecule has 1 N–H and O–H groups in total. The number of ether oxygens (including phenoxy) is 2. The van der Waals surface area contributed by atoms with E-state index in [4.69, 9.17) is 9.47 Å². The number of hydrogen-bond acceptors (Lipinski definition) is 3. The molecule has 0 unspecified atom stereocenters. The van der Waals surface area contributed by atoms with E-state index in [1.54, 1.807) is 26.2 Å². The molecule has 0 fully saturated rings. The van der Waals surface area contributed by atoms with Crippen molar-refractivity contribution >= 4 is 5.91 Å². The van der Waals surface area contributed by atoms with Gasteiger partial charge in [0.25, 0.3) is 5.91 Å². The number of carbonyl (C=O) groups excluding carboxylic acids is 1. The first kappa shape index (κ1) is 15.9. The highest BCUT2D eigenvalue weighted by atomic mass is 16.5. The zero-order valence-electron chi connectivity index (χ0n) is 12.9. The van der Waals surface area contributed by atoms with Crippen molar-refractivity contribution in [2.75, 3.05) is 13.7 Å². The van der Waals surface area contributed by atoms with Gasteiger partial charge in [-0.25, -0.2) is 0 Å². The number of nitrogens with one attached hydrogen (secondary N) is 1. The Labute approximate surface area is 131 Å². The first-order valence-corrected chi connectivity index (χ1v) is 7.32. The van der Waals surface area contributed by atoms with Gasteiger partial charge in [-0.15, -0.1) is 0 Å². The molecule has 0 saturated carbocycles. The quantitative estimate of drug-likeness (QED) is 0.855. The standard InChI is InChI=1S/C18H21NO3/c1-14(22-17-11-7-6-10-16(17)21-2)18(20)19-13-12-15-8-4-3-5-9-15/h3-11,14H,12-13H2,1-2H3,(H,19,20)/t14-/m0/s1. The molecule has 1 atom stereocenters. The number of carbonyl (C=O) groups is 1. The van der Waals surface area contributed by atoms with Crippen LogP contribution in [0.3, 0.4) is 0 Å². The number of hydrogen-bond donors (Lipinski definition) is 1. The smallest absolute Gasteiger partial charge is 0.260 e. The molecule has 1 amide bonds. The van der Waals surface area contributed by atoms with Gasteiger partial charge in [0, 0.05) is 6.54 Å². The summed E-state index contributed by atoms with van der Waals surface area (Å²) in [5.74, 6) is 1.05. The van der Waals surface area contributed by atoms with Gasteiger partial charge in [0.05, 0.1) is 7.11 Å². The average molecular weight is 299 g/mol. The summed E-state index contributed by atoms with van der Waals surface area (Å²) in [4.78, 5) is 12.1. The molecule has 0 spiro atoms. The molecular formula is C18H21NO3. The summed E-state index contributed by atoms with van der Waals surface area (Å²) in [5, 5.41) is 2.88. The Morgan fingerprint density at radius 2 is 1.68 bits per heavy atom. The van der Waals surface area contributed by atoms with Crippen molar-refractivity contribution in [2.24, 2.45) is 0 Å². The van der Waals surface area contributed by atoms with Crippen LogP contribution in [0.25, 0.3) is 0 Å². The van der Waals surface area contributed by atoms with Crippen LogP contribution in [0.2, 0.25) is 0 Å². The largest absolute Gasteiger partial charge is 0.493 e. The summed E-state index contributed by atoms with van der Waals surface area (Å²) >= 11 is 0. The molecule has 0 aromatic heterocycles. The van der Waals surface area contributed by atoms with E-state index < -0.39 is 6.10 Å². The van der Waals surface area contributed by atoms with Crippen molar-refractivity contribution in [3.63, 3.8) is 0 Å². The summed E-state index contributed by atoms with van der Waals surface area (Å²) in [6.45, 7) is 2.31. The second-order valence-corrected chi connectivity index (χ2v) is 4.94. The SMILES string of the molecule is COc1ccccc1O[C@@H](C)C(=O)NCCc1ccccc1. The number of benzene rings is 2. The number of methoxy groups -OCH3 is 1. The lowest BCUT2D eigenvalue weighted by atomic mass is 10.1. The molecule has 0 bridgehead atoms. The highest BCUT2D eigenvalue weighted by Crippen LogP contribution is 2.26. The van der Waals surface area contributed by atoms with Crippen LogP contribution in [-0.4, -0.2) is 25.7 Å². The zero-order valence-corrected chi connectivity index (χ0v) is 12.9. The second kappa shape index (κ2) is 8.08. The van der Waals surface area contributed by atoms with E-state index in [0.29, 0.717) is 18.0 Å². The lowest BCUT2D eigenvalue weighted by Crippen LogP contribution is -2.37. The summed E-state index contributed by atoms with van der Waals surface area (Å²) in [7, 11) is 1.58. The zero-order chi connectivity index (χ0) is 15.8. The molecule has 2 aromatic carbocycles. The van der Waals surface area contributed by atoms with Crippen LogP contribution in [0.4, 0.5) is 0 Å². The molecule has 0 heterocycles. The van der Waals surface area contributed by atoms with Gasteiger partial charge in [-0.1, -0.05) is 42.5 Å². The molecule has 0 radical (unpaired) electrons. The van der Waals surface area contributed by atoms with E-state index in [1.807, 2.05) is 42.5 Å². The van der Waals surface area contributed by atoms with Crippen molar-refractivity contribution in [1.82, 2.24) is 5.32 Å². The molecule has 2 rings (SSSR count). The third-order valence-electron chi connectivity index (χ3n) is 3.30. The van der Waals surface area contributed by atoms with Crippen LogP contribution >= 0.6 is 0 Å². The predicted molar refractivity (Wildman–Crippen MR) is 86.2 cm³/mol. The van der Waals surface area contributed by atoms with Crippen LogP contribution in [-0.2, 0) is 11.2 Å². The van der Waals surface area contributed by atoms with Crippen molar-refractivity contribution in [2.45, 2.75) is 19.4 Å². The van der Waals surface area contributed by atoms with E-state index in [0.717, 1.165) is 6.42 Å². The Hall–Kier alpha value is -2.49. The Kier molecular flexibility index (Phi) is 5.83. The summed E-state index contributed by atoms with van der Waals surface area (Å²) in [6, 6.07) is 17.3. The van der Waals surface area contributed by atoms with Gasteiger partial charge in [-0.2, -0.15) is 0 Å². The first-order chi connectivity index (χ1) is 10.7. The lowest BCUT2D eigenvalue weighted by molar-refractivity contribution is -0.127. The number of rotatable bonds is 7. The molecule has 22 heavy (non-hydrogen) atoms. The van der Waals surface area contributed by atoms with Crippen LogP contribution in [0.5, 0.6) is 11.5 Å². The molecule has 116 valence electrons. The highest BCUT2D eigenvalue weighted by Gasteiger charge is 2.15. The van der Waals surface area contributed by atoms with Gasteiger partial charge in [0.15, 0.2) is 17.6 Å². The van der Waals surface area contributed by atoms with E-state index in [1.165, 1.54) is 5.56 Å². The normalized spacial score (nSPS) is 11.5. The van der Waals surface area contributed by atoms with Gasteiger partial charge in [-0.05, 0) is 31.0 Å². The average Bonchev–Trinajstić information content (AvgIpc) is 2.56. The fourth-order valence-corrected chi connectivity index (χ4v) is 2.08. The maximum absolute atomic E-state index is 12.1. The van der Waals surface area contributed by atoms with E-state index in [2.05, 4.69) is 5.32 Å². The van der Waals surface area contributed by atoms with E-state index in [-0.39, 0.29) is 5.91 Å². The summed E-state index contributed by atoms with van der Waals surface area (Å²) in [6.07, 6.45) is 0.223. The third-order valence-corrected chi connectivity index (χ3v) is 3.30. The minimum atomic E-state index is -0.577. The Morgan fingerprint density at radius 1 is 1.05 bits per heavy atom. The fourth-order valence-electron chi connectivity index (χ4n) is 2.08. The minimum absolute atomic E-state index is 0.137. The van der Waals surface area contributed by atoms with Gasteiger partial charge in [0.1, 0.15) is 0 Å². The molecule has 0 aliphatic rings. The Balaban J connectivity index is 1.82. The maximum atomic E-state index is 12.1. The van der Waals surface area contributed by atoms with Gasteiger partial charge >= 0.3 is 0 Å². The highest BCUT2D eigenvalue weighted by molar-refractivity contribution is 5.80. The Bertz CT molecular complexity index is 598. The maximum Gasteiger partial charge on any atom is 0.260 e. The van der Waals surface area contributed by atoms with Gasteiger partial charge in [0.2, 0.25) is 0 Å². The molecule has 0 saturated heterocycles. The van der Waals surface area contributed by atoms with Crippen molar-refractivity contribution in [3.05, 3.63) is 60.2 Å². The van der Waals surface area contributed by atoms with Crippen molar-refractivity contribution in [1.29, 1.82) is 0 Å². The monoisotopic (exact) mass is 299 g/mol. The van der Waals surface area contributed by atoms with E-state index >= 15 is 0 Å². The minimum Gasteiger partial charge on any atom is -0.493 e. The third kappa shape index (κ3) is 4.52. The van der Waals surface area contributed by atoms with Gasteiger partial charge < -0.3 is 14.8 Å². The number of amides is 1. The Morgan fingerprint density at radius 3 is 2.36 bits per heavy atom. The molecule has 2 aromatic rings. The molecule has 0 aliphatic heterocycles. The topological polar surface area (TPSA) is 47.6 Å². The first-order valence-electron chi connectivity index (χ1n) is 7.32. The van der Waals surface area contributed by atoms with Gasteiger partial charge in [-0.3, -0.25) is 4.79 Å². The van der Waals surface area contributed by atoms with Crippen LogP contribution < -0.4 is 14.8 Å². The van der Waals surface area contributed by atoms with Crippen molar-refractivity contribution < 1.29 is 14.3 Å². The summed E-state index contributed by atoms with van der Waals surface area (Å²) in [5.41, 5.74) is 1.20. The number of para-hydroxylation sites is 2. The van der Waals surface area contributed by atoms with E-state index in [9.17, 15) is 4.79 Å². The lowest BCUT2D eigenvalue weighted by Gasteiger charge is -2.16. The molecule has 4 nitrogen and oxygen atoms in total. The van der Waals surface area contributed by atoms with Crippen LogP contribution in [0.15, 0.2) is 54.6 Å². The summed E-state index contributed by atoms with van der Waals surface area (Å²) < 4.78 is 10.9. The van der Waals surface area contributed by atoms with Crippen molar-refractivity contribution in [3.8, 4) is 11.5 Å². The fraction of sp³-hybridized carbons (Fsp3) is 0.278. The molecular weight excluding hydrogens is 278 g/mol. The van der Waals surface area contributed by atoms with Crippen LogP contribution in [0.1, 0.15) is 12.5 Å². The second-order valence-electron chi connectivity index (χ2n) is 4.94. The molecule has 0 aliphatic carbocycles. The van der Waals surface area contributed by atoms with Crippen LogP contribution in [0, 0.1) is 0 Å². The molecule has 4 heteroatoms.